The molecular formula is C26H25NO4. The molecule has 31 heavy (non-hydrogen) atoms. The third-order valence-corrected chi connectivity index (χ3v) is 5.62. The molecule has 0 saturated heterocycles. The Balaban J connectivity index is 1.54. The van der Waals surface area contributed by atoms with Crippen molar-refractivity contribution in [2.24, 2.45) is 0 Å². The van der Waals surface area contributed by atoms with E-state index in [4.69, 9.17) is 9.47 Å². The Labute approximate surface area is 182 Å². The highest BCUT2D eigenvalue weighted by atomic mass is 16.5. The Bertz CT molecular complexity index is 996. The third-order valence-electron chi connectivity index (χ3n) is 5.62. The lowest BCUT2D eigenvalue weighted by Gasteiger charge is -2.35. The number of esters is 1. The van der Waals surface area contributed by atoms with Crippen LogP contribution in [-0.4, -0.2) is 36.5 Å². The lowest BCUT2D eigenvalue weighted by molar-refractivity contribution is -0.156. The number of fused-ring (bicyclic) bond motifs is 1. The minimum Gasteiger partial charge on any atom is -0.467 e. The van der Waals surface area contributed by atoms with Crippen molar-refractivity contribution in [3.63, 3.8) is 0 Å². The van der Waals surface area contributed by atoms with E-state index in [2.05, 4.69) is 0 Å². The summed E-state index contributed by atoms with van der Waals surface area (Å²) in [5, 5.41) is 0. The molecule has 0 bridgehead atoms. The monoisotopic (exact) mass is 415 g/mol. The molecule has 5 nitrogen and oxygen atoms in total. The van der Waals surface area contributed by atoms with Gasteiger partial charge in [-0.15, -0.1) is 0 Å². The smallest absolute Gasteiger partial charge is 0.328 e. The molecule has 0 aliphatic carbocycles. The molecule has 3 aromatic rings. The quantitative estimate of drug-likeness (QED) is 0.573. The molecule has 0 saturated carbocycles. The Morgan fingerprint density at radius 1 is 0.871 bits per heavy atom. The summed E-state index contributed by atoms with van der Waals surface area (Å²) in [4.78, 5) is 27.2. The van der Waals surface area contributed by atoms with E-state index < -0.39 is 12.0 Å². The van der Waals surface area contributed by atoms with Gasteiger partial charge in [-0.25, -0.2) is 4.79 Å². The van der Waals surface area contributed by atoms with Crippen molar-refractivity contribution in [3.8, 4) is 0 Å². The highest BCUT2D eigenvalue weighted by Gasteiger charge is 2.35. The van der Waals surface area contributed by atoms with Gasteiger partial charge in [-0.3, -0.25) is 4.79 Å². The van der Waals surface area contributed by atoms with E-state index in [1.165, 1.54) is 7.11 Å². The largest absolute Gasteiger partial charge is 0.467 e. The number of benzene rings is 3. The van der Waals surface area contributed by atoms with Crippen LogP contribution < -0.4 is 0 Å². The summed E-state index contributed by atoms with van der Waals surface area (Å²) in [5.74, 6) is -0.646. The normalized spacial score (nSPS) is 15.4. The molecule has 158 valence electrons. The topological polar surface area (TPSA) is 55.8 Å². The zero-order valence-corrected chi connectivity index (χ0v) is 17.4. The SMILES string of the molecule is COC(=O)C1Cc2ccccc2CN1C(=O)COC(c1ccccc1)c1ccccc1. The number of rotatable bonds is 6. The van der Waals surface area contributed by atoms with Gasteiger partial charge in [-0.05, 0) is 22.3 Å². The molecule has 0 fully saturated rings. The molecule has 1 aliphatic rings. The molecule has 0 aromatic heterocycles. The number of methoxy groups -OCH3 is 1. The Morgan fingerprint density at radius 2 is 1.42 bits per heavy atom. The van der Waals surface area contributed by atoms with Gasteiger partial charge in [0.15, 0.2) is 0 Å². The first-order valence-corrected chi connectivity index (χ1v) is 10.3. The number of ether oxygens (including phenoxy) is 2. The molecular weight excluding hydrogens is 390 g/mol. The fourth-order valence-corrected chi connectivity index (χ4v) is 4.01. The first-order chi connectivity index (χ1) is 15.2. The summed E-state index contributed by atoms with van der Waals surface area (Å²) in [5.41, 5.74) is 4.04. The molecule has 1 atom stereocenters. The van der Waals surface area contributed by atoms with E-state index >= 15 is 0 Å². The molecule has 0 spiro atoms. The second-order valence-electron chi connectivity index (χ2n) is 7.55. The van der Waals surface area contributed by atoms with Gasteiger partial charge in [0.2, 0.25) is 5.91 Å². The molecule has 1 unspecified atom stereocenters. The Hall–Kier alpha value is -3.44. The van der Waals surface area contributed by atoms with E-state index in [-0.39, 0.29) is 18.6 Å². The predicted molar refractivity (Wildman–Crippen MR) is 117 cm³/mol. The molecule has 1 heterocycles. The average Bonchev–Trinajstić information content (AvgIpc) is 2.84. The van der Waals surface area contributed by atoms with Crippen LogP contribution in [-0.2, 0) is 32.0 Å². The van der Waals surface area contributed by atoms with E-state index in [9.17, 15) is 9.59 Å². The molecule has 1 amide bonds. The summed E-state index contributed by atoms with van der Waals surface area (Å²) in [7, 11) is 1.35. The molecule has 4 rings (SSSR count). The van der Waals surface area contributed by atoms with Gasteiger partial charge in [-0.1, -0.05) is 84.9 Å². The number of hydrogen-bond donors (Lipinski definition) is 0. The van der Waals surface area contributed by atoms with Gasteiger partial charge in [0, 0.05) is 13.0 Å². The zero-order chi connectivity index (χ0) is 21.6. The van der Waals surface area contributed by atoms with E-state index in [1.54, 1.807) is 4.90 Å². The second kappa shape index (κ2) is 9.58. The van der Waals surface area contributed by atoms with Crippen molar-refractivity contribution in [2.45, 2.75) is 25.1 Å². The van der Waals surface area contributed by atoms with Crippen LogP contribution in [0.4, 0.5) is 0 Å². The van der Waals surface area contributed by atoms with E-state index in [0.29, 0.717) is 13.0 Å². The fourth-order valence-electron chi connectivity index (χ4n) is 4.01. The highest BCUT2D eigenvalue weighted by Crippen LogP contribution is 2.28. The summed E-state index contributed by atoms with van der Waals surface area (Å²) in [6.45, 7) is 0.226. The standard InChI is InChI=1S/C26H25NO4/c1-30-26(29)23-16-21-14-8-9-15-22(21)17-27(23)24(28)18-31-25(19-10-4-2-5-11-19)20-12-6-3-7-13-20/h2-15,23,25H,16-18H2,1H3. The maximum absolute atomic E-state index is 13.2. The maximum Gasteiger partial charge on any atom is 0.328 e. The minimum atomic E-state index is -0.650. The van der Waals surface area contributed by atoms with Gasteiger partial charge in [-0.2, -0.15) is 0 Å². The summed E-state index contributed by atoms with van der Waals surface area (Å²) >= 11 is 0. The van der Waals surface area contributed by atoms with Gasteiger partial charge in [0.25, 0.3) is 0 Å². The zero-order valence-electron chi connectivity index (χ0n) is 17.4. The fraction of sp³-hybridized carbons (Fsp3) is 0.231. The number of amides is 1. The minimum absolute atomic E-state index is 0.135. The number of carbonyl (C=O) groups excluding carboxylic acids is 2. The van der Waals surface area contributed by atoms with Crippen molar-refractivity contribution in [2.75, 3.05) is 13.7 Å². The molecule has 3 aromatic carbocycles. The van der Waals surface area contributed by atoms with Gasteiger partial charge >= 0.3 is 5.97 Å². The molecule has 0 N–H and O–H groups in total. The van der Waals surface area contributed by atoms with Crippen LogP contribution in [0.1, 0.15) is 28.4 Å². The van der Waals surface area contributed by atoms with Crippen molar-refractivity contribution in [1.29, 1.82) is 0 Å². The number of carbonyl (C=O) groups is 2. The maximum atomic E-state index is 13.2. The van der Waals surface area contributed by atoms with Crippen LogP contribution in [0, 0.1) is 0 Å². The van der Waals surface area contributed by atoms with Crippen molar-refractivity contribution < 1.29 is 19.1 Å². The van der Waals surface area contributed by atoms with Crippen LogP contribution in [0.25, 0.3) is 0 Å². The molecule has 0 radical (unpaired) electrons. The highest BCUT2D eigenvalue weighted by molar-refractivity contribution is 5.86. The van der Waals surface area contributed by atoms with Gasteiger partial charge in [0.05, 0.1) is 7.11 Å². The second-order valence-corrected chi connectivity index (χ2v) is 7.55. The van der Waals surface area contributed by atoms with Gasteiger partial charge < -0.3 is 14.4 Å². The molecule has 5 heteroatoms. The van der Waals surface area contributed by atoms with Crippen molar-refractivity contribution in [3.05, 3.63) is 107 Å². The van der Waals surface area contributed by atoms with Crippen LogP contribution in [0.2, 0.25) is 0 Å². The average molecular weight is 415 g/mol. The van der Waals surface area contributed by atoms with Crippen LogP contribution in [0.5, 0.6) is 0 Å². The first kappa shape index (κ1) is 20.8. The summed E-state index contributed by atoms with van der Waals surface area (Å²) in [6, 6.07) is 26.8. The lowest BCUT2D eigenvalue weighted by atomic mass is 9.94. The van der Waals surface area contributed by atoms with Crippen LogP contribution in [0.3, 0.4) is 0 Å². The van der Waals surface area contributed by atoms with Crippen molar-refractivity contribution in [1.82, 2.24) is 4.90 Å². The van der Waals surface area contributed by atoms with E-state index in [1.807, 2.05) is 84.9 Å². The predicted octanol–water partition coefficient (Wildman–Crippen LogP) is 3.92. The first-order valence-electron chi connectivity index (χ1n) is 10.3. The van der Waals surface area contributed by atoms with E-state index in [0.717, 1.165) is 22.3 Å². The number of hydrogen-bond acceptors (Lipinski definition) is 4. The van der Waals surface area contributed by atoms with Gasteiger partial charge in [0.1, 0.15) is 18.8 Å². The Kier molecular flexibility index (Phi) is 6.43. The number of nitrogens with zero attached hydrogens (tertiary/aromatic N) is 1. The lowest BCUT2D eigenvalue weighted by Crippen LogP contribution is -2.50. The Morgan fingerprint density at radius 3 is 2.00 bits per heavy atom. The summed E-state index contributed by atoms with van der Waals surface area (Å²) < 4.78 is 11.1. The van der Waals surface area contributed by atoms with Crippen LogP contribution in [0.15, 0.2) is 84.9 Å². The molecule has 1 aliphatic heterocycles. The summed E-state index contributed by atoms with van der Waals surface area (Å²) in [6.07, 6.45) is 0.0649. The van der Waals surface area contributed by atoms with Crippen molar-refractivity contribution >= 4 is 11.9 Å². The van der Waals surface area contributed by atoms with Crippen LogP contribution >= 0.6 is 0 Å². The third kappa shape index (κ3) is 4.67.